The number of halogens is 2. The molecule has 19 heavy (non-hydrogen) atoms. The molecule has 0 amide bonds. The van der Waals surface area contributed by atoms with Crippen molar-refractivity contribution in [2.24, 2.45) is 0 Å². The highest BCUT2D eigenvalue weighted by atomic mass is 35.5. The summed E-state index contributed by atoms with van der Waals surface area (Å²) < 4.78 is 48.4. The number of methoxy groups -OCH3 is 1. The lowest BCUT2D eigenvalue weighted by atomic mass is 10.3. The Labute approximate surface area is 116 Å². The first kappa shape index (κ1) is 16.2. The van der Waals surface area contributed by atoms with Crippen LogP contribution < -0.4 is 4.72 Å². The third kappa shape index (κ3) is 6.20. The van der Waals surface area contributed by atoms with E-state index in [2.05, 4.69) is 4.72 Å². The van der Waals surface area contributed by atoms with E-state index in [1.165, 1.54) is 19.2 Å². The third-order valence-corrected chi connectivity index (χ3v) is 3.66. The standard InChI is InChI=1S/C11H15ClFNO4S/c1-17-4-5-18-6-7-19(15,16)14-9-2-3-11(13)10(12)8-9/h2-3,8,14H,4-7H2,1H3. The van der Waals surface area contributed by atoms with Crippen molar-refractivity contribution < 1.29 is 22.3 Å². The number of sulfonamides is 1. The number of anilines is 1. The van der Waals surface area contributed by atoms with Crippen molar-refractivity contribution in [1.82, 2.24) is 0 Å². The van der Waals surface area contributed by atoms with Gasteiger partial charge in [0.05, 0.1) is 36.3 Å². The summed E-state index contributed by atoms with van der Waals surface area (Å²) in [7, 11) is -2.02. The lowest BCUT2D eigenvalue weighted by molar-refractivity contribution is 0.0785. The first-order chi connectivity index (χ1) is 8.94. The Morgan fingerprint density at radius 1 is 1.32 bits per heavy atom. The molecule has 0 fully saturated rings. The Balaban J connectivity index is 2.47. The molecule has 0 aliphatic rings. The van der Waals surface area contributed by atoms with Crippen LogP contribution in [0.1, 0.15) is 0 Å². The summed E-state index contributed by atoms with van der Waals surface area (Å²) in [6.07, 6.45) is 0. The smallest absolute Gasteiger partial charge is 0.235 e. The molecule has 1 N–H and O–H groups in total. The summed E-state index contributed by atoms with van der Waals surface area (Å²) >= 11 is 5.56. The molecule has 1 aromatic rings. The third-order valence-electron chi connectivity index (χ3n) is 2.12. The highest BCUT2D eigenvalue weighted by Crippen LogP contribution is 2.20. The molecule has 0 saturated carbocycles. The average Bonchev–Trinajstić information content (AvgIpc) is 2.33. The SMILES string of the molecule is COCCOCCS(=O)(=O)Nc1ccc(F)c(Cl)c1. The summed E-state index contributed by atoms with van der Waals surface area (Å²) in [4.78, 5) is 0. The van der Waals surface area contributed by atoms with Gasteiger partial charge in [-0.1, -0.05) is 11.6 Å². The van der Waals surface area contributed by atoms with Crippen LogP contribution in [0.2, 0.25) is 5.02 Å². The van der Waals surface area contributed by atoms with Gasteiger partial charge >= 0.3 is 0 Å². The van der Waals surface area contributed by atoms with E-state index in [9.17, 15) is 12.8 Å². The van der Waals surface area contributed by atoms with E-state index >= 15 is 0 Å². The van der Waals surface area contributed by atoms with Crippen LogP contribution in [0, 0.1) is 5.82 Å². The zero-order valence-electron chi connectivity index (χ0n) is 10.4. The summed E-state index contributed by atoms with van der Waals surface area (Å²) in [6.45, 7) is 0.781. The maximum absolute atomic E-state index is 12.9. The van der Waals surface area contributed by atoms with Crippen molar-refractivity contribution in [3.05, 3.63) is 29.0 Å². The molecule has 0 saturated heterocycles. The van der Waals surface area contributed by atoms with Gasteiger partial charge in [-0.3, -0.25) is 4.72 Å². The lowest BCUT2D eigenvalue weighted by Crippen LogP contribution is -2.21. The van der Waals surface area contributed by atoms with Crippen LogP contribution in [0.25, 0.3) is 0 Å². The summed E-state index contributed by atoms with van der Waals surface area (Å²) in [5, 5.41) is -0.142. The van der Waals surface area contributed by atoms with Crippen LogP contribution in [0.5, 0.6) is 0 Å². The van der Waals surface area contributed by atoms with Gasteiger partial charge in [-0.05, 0) is 18.2 Å². The van der Waals surface area contributed by atoms with Crippen molar-refractivity contribution in [2.45, 2.75) is 0 Å². The molecule has 1 rings (SSSR count). The van der Waals surface area contributed by atoms with Crippen LogP contribution >= 0.6 is 11.6 Å². The van der Waals surface area contributed by atoms with Crippen LogP contribution in [-0.4, -0.2) is 41.1 Å². The molecule has 1 aromatic carbocycles. The van der Waals surface area contributed by atoms with Gasteiger partial charge in [0.25, 0.3) is 0 Å². The first-order valence-corrected chi connectivity index (χ1v) is 7.50. The molecule has 0 atom stereocenters. The van der Waals surface area contributed by atoms with Crippen molar-refractivity contribution in [3.63, 3.8) is 0 Å². The number of rotatable bonds is 8. The number of hydrogen-bond acceptors (Lipinski definition) is 4. The van der Waals surface area contributed by atoms with Gasteiger partial charge in [0.2, 0.25) is 10.0 Å². The predicted molar refractivity (Wildman–Crippen MR) is 71.5 cm³/mol. The number of benzene rings is 1. The van der Waals surface area contributed by atoms with Gasteiger partial charge in [-0.15, -0.1) is 0 Å². The molecule has 5 nitrogen and oxygen atoms in total. The minimum atomic E-state index is -3.55. The van der Waals surface area contributed by atoms with Crippen LogP contribution in [0.15, 0.2) is 18.2 Å². The fourth-order valence-electron chi connectivity index (χ4n) is 1.20. The van der Waals surface area contributed by atoms with E-state index in [0.717, 1.165) is 6.07 Å². The van der Waals surface area contributed by atoms with Crippen LogP contribution in [0.4, 0.5) is 10.1 Å². The molecular formula is C11H15ClFNO4S. The minimum absolute atomic E-state index is 0.0492. The second-order valence-corrected chi connectivity index (χ2v) is 5.90. The second kappa shape index (κ2) is 7.64. The normalized spacial score (nSPS) is 11.5. The molecule has 0 aliphatic heterocycles. The van der Waals surface area contributed by atoms with Gasteiger partial charge in [-0.2, -0.15) is 0 Å². The Hall–Kier alpha value is -0.890. The maximum atomic E-state index is 12.9. The fraction of sp³-hybridized carbons (Fsp3) is 0.455. The quantitative estimate of drug-likeness (QED) is 0.745. The topological polar surface area (TPSA) is 64.6 Å². The van der Waals surface area contributed by atoms with Crippen LogP contribution in [0.3, 0.4) is 0 Å². The molecule has 0 heterocycles. The molecular weight excluding hydrogens is 297 g/mol. The van der Waals surface area contributed by atoms with Gasteiger partial charge in [0, 0.05) is 7.11 Å². The van der Waals surface area contributed by atoms with Crippen molar-refractivity contribution in [3.8, 4) is 0 Å². The fourth-order valence-corrected chi connectivity index (χ4v) is 2.31. The molecule has 0 radical (unpaired) electrons. The molecule has 0 aliphatic carbocycles. The van der Waals surface area contributed by atoms with Gasteiger partial charge in [0.1, 0.15) is 5.82 Å². The molecule has 0 bridgehead atoms. The molecule has 0 spiro atoms. The molecule has 8 heteroatoms. The lowest BCUT2D eigenvalue weighted by Gasteiger charge is -2.09. The van der Waals surface area contributed by atoms with Crippen molar-refractivity contribution >= 4 is 27.3 Å². The van der Waals surface area contributed by atoms with Crippen molar-refractivity contribution in [1.29, 1.82) is 0 Å². The van der Waals surface area contributed by atoms with Gasteiger partial charge < -0.3 is 9.47 Å². The number of ether oxygens (including phenoxy) is 2. The van der Waals surface area contributed by atoms with Gasteiger partial charge in [0.15, 0.2) is 0 Å². The van der Waals surface area contributed by atoms with E-state index in [4.69, 9.17) is 21.1 Å². The summed E-state index contributed by atoms with van der Waals surface area (Å²) in [5.74, 6) is -0.807. The van der Waals surface area contributed by atoms with Crippen LogP contribution in [-0.2, 0) is 19.5 Å². The highest BCUT2D eigenvalue weighted by molar-refractivity contribution is 7.92. The first-order valence-electron chi connectivity index (χ1n) is 5.47. The second-order valence-electron chi connectivity index (χ2n) is 3.65. The minimum Gasteiger partial charge on any atom is -0.382 e. The average molecular weight is 312 g/mol. The Kier molecular flexibility index (Phi) is 6.50. The molecule has 0 unspecified atom stereocenters. The number of hydrogen-bond donors (Lipinski definition) is 1. The summed E-state index contributed by atoms with van der Waals surface area (Å²) in [5.41, 5.74) is 0.211. The van der Waals surface area contributed by atoms with E-state index in [1.54, 1.807) is 0 Å². The molecule has 0 aromatic heterocycles. The monoisotopic (exact) mass is 311 g/mol. The van der Waals surface area contributed by atoms with E-state index in [-0.39, 0.29) is 23.1 Å². The Morgan fingerprint density at radius 2 is 2.05 bits per heavy atom. The Bertz CT molecular complexity index is 509. The zero-order valence-corrected chi connectivity index (χ0v) is 11.9. The molecule has 108 valence electrons. The largest absolute Gasteiger partial charge is 0.382 e. The summed E-state index contributed by atoms with van der Waals surface area (Å²) in [6, 6.07) is 3.60. The Morgan fingerprint density at radius 3 is 2.68 bits per heavy atom. The maximum Gasteiger partial charge on any atom is 0.235 e. The van der Waals surface area contributed by atoms with E-state index < -0.39 is 15.8 Å². The van der Waals surface area contributed by atoms with E-state index in [0.29, 0.717) is 13.2 Å². The zero-order chi connectivity index (χ0) is 14.3. The van der Waals surface area contributed by atoms with Gasteiger partial charge in [-0.25, -0.2) is 12.8 Å². The number of nitrogens with one attached hydrogen (secondary N) is 1. The van der Waals surface area contributed by atoms with Crippen molar-refractivity contribution in [2.75, 3.05) is 37.4 Å². The predicted octanol–water partition coefficient (Wildman–Crippen LogP) is 1.88. The van der Waals surface area contributed by atoms with E-state index in [1.807, 2.05) is 0 Å². The highest BCUT2D eigenvalue weighted by Gasteiger charge is 2.11.